The van der Waals surface area contributed by atoms with Crippen LogP contribution in [-0.2, 0) is 4.79 Å². The second-order valence-corrected chi connectivity index (χ2v) is 5.00. The Hall–Kier alpha value is -0.670. The number of ketones is 1. The molecule has 1 fully saturated rings. The molecule has 80 valence electrons. The summed E-state index contributed by atoms with van der Waals surface area (Å²) in [5.41, 5.74) is 1.13. The van der Waals surface area contributed by atoms with Gasteiger partial charge in [0.05, 0.1) is 5.92 Å². The van der Waals surface area contributed by atoms with Gasteiger partial charge >= 0.3 is 0 Å². The Bertz CT molecular complexity index is 378. The quantitative estimate of drug-likeness (QED) is 0.779. The first-order chi connectivity index (χ1) is 7.16. The Morgan fingerprint density at radius 2 is 2.27 bits per heavy atom. The van der Waals surface area contributed by atoms with Gasteiger partial charge in [-0.1, -0.05) is 28.1 Å². The standard InChI is InChI=1S/C12H14BrNO/c1-14-6-5-12(15)11(8-14)9-3-2-4-10(13)7-9/h2-4,7,11H,5-6,8H2,1H3. The number of rotatable bonds is 1. The van der Waals surface area contributed by atoms with Crippen molar-refractivity contribution in [3.05, 3.63) is 34.3 Å². The maximum absolute atomic E-state index is 11.8. The van der Waals surface area contributed by atoms with Crippen molar-refractivity contribution in [2.24, 2.45) is 0 Å². The summed E-state index contributed by atoms with van der Waals surface area (Å²) >= 11 is 3.44. The SMILES string of the molecule is CN1CCC(=O)C(c2cccc(Br)c2)C1. The zero-order valence-electron chi connectivity index (χ0n) is 8.74. The Labute approximate surface area is 98.4 Å². The third kappa shape index (κ3) is 2.47. The van der Waals surface area contributed by atoms with Crippen LogP contribution in [0, 0.1) is 0 Å². The molecule has 1 saturated heterocycles. The zero-order valence-corrected chi connectivity index (χ0v) is 10.3. The number of hydrogen-bond acceptors (Lipinski definition) is 2. The van der Waals surface area contributed by atoms with Crippen molar-refractivity contribution in [2.75, 3.05) is 20.1 Å². The predicted octanol–water partition coefficient (Wildman–Crippen LogP) is 2.44. The van der Waals surface area contributed by atoms with Crippen molar-refractivity contribution in [1.82, 2.24) is 4.90 Å². The first kappa shape index (κ1) is 10.8. The van der Waals surface area contributed by atoms with Crippen LogP contribution in [0.2, 0.25) is 0 Å². The molecule has 0 aliphatic carbocycles. The van der Waals surface area contributed by atoms with Crippen LogP contribution in [0.5, 0.6) is 0 Å². The smallest absolute Gasteiger partial charge is 0.142 e. The number of halogens is 1. The van der Waals surface area contributed by atoms with Crippen molar-refractivity contribution < 1.29 is 4.79 Å². The molecule has 1 unspecified atom stereocenters. The van der Waals surface area contributed by atoms with Crippen LogP contribution in [0.1, 0.15) is 17.9 Å². The van der Waals surface area contributed by atoms with Crippen LogP contribution >= 0.6 is 15.9 Å². The highest BCUT2D eigenvalue weighted by atomic mass is 79.9. The number of benzene rings is 1. The third-order valence-corrected chi connectivity index (χ3v) is 3.37. The Morgan fingerprint density at radius 3 is 3.00 bits per heavy atom. The molecule has 0 radical (unpaired) electrons. The van der Waals surface area contributed by atoms with E-state index in [4.69, 9.17) is 0 Å². The van der Waals surface area contributed by atoms with Gasteiger partial charge in [0, 0.05) is 24.0 Å². The van der Waals surface area contributed by atoms with Crippen molar-refractivity contribution >= 4 is 21.7 Å². The number of hydrogen-bond donors (Lipinski definition) is 0. The number of likely N-dealkylation sites (N-methyl/N-ethyl adjacent to an activating group) is 1. The van der Waals surface area contributed by atoms with Crippen LogP contribution in [0.4, 0.5) is 0 Å². The van der Waals surface area contributed by atoms with E-state index < -0.39 is 0 Å². The lowest BCUT2D eigenvalue weighted by atomic mass is 9.90. The van der Waals surface area contributed by atoms with Crippen molar-refractivity contribution in [2.45, 2.75) is 12.3 Å². The predicted molar refractivity (Wildman–Crippen MR) is 64.0 cm³/mol. The molecule has 0 amide bonds. The molecule has 1 atom stereocenters. The summed E-state index contributed by atoms with van der Waals surface area (Å²) in [4.78, 5) is 14.0. The fourth-order valence-corrected chi connectivity index (χ4v) is 2.41. The molecule has 2 rings (SSSR count). The Morgan fingerprint density at radius 1 is 1.47 bits per heavy atom. The second-order valence-electron chi connectivity index (χ2n) is 4.09. The van der Waals surface area contributed by atoms with Gasteiger partial charge in [-0.15, -0.1) is 0 Å². The number of Topliss-reactive ketones (excluding diaryl/α,β-unsaturated/α-hetero) is 1. The van der Waals surface area contributed by atoms with Gasteiger partial charge in [-0.05, 0) is 24.7 Å². The molecule has 0 spiro atoms. The van der Waals surface area contributed by atoms with Gasteiger partial charge in [0.25, 0.3) is 0 Å². The summed E-state index contributed by atoms with van der Waals surface area (Å²) in [6, 6.07) is 8.05. The zero-order chi connectivity index (χ0) is 10.8. The molecular formula is C12H14BrNO. The number of carbonyl (C=O) groups excluding carboxylic acids is 1. The van der Waals surface area contributed by atoms with E-state index in [9.17, 15) is 4.79 Å². The number of piperidine rings is 1. The average molecular weight is 268 g/mol. The fourth-order valence-electron chi connectivity index (χ4n) is 1.99. The molecule has 15 heavy (non-hydrogen) atoms. The lowest BCUT2D eigenvalue weighted by molar-refractivity contribution is -0.123. The molecule has 0 aromatic heterocycles. The van der Waals surface area contributed by atoms with E-state index in [0.717, 1.165) is 23.1 Å². The van der Waals surface area contributed by atoms with Gasteiger partial charge < -0.3 is 4.90 Å². The van der Waals surface area contributed by atoms with E-state index in [1.165, 1.54) is 0 Å². The molecule has 0 saturated carbocycles. The molecule has 0 bridgehead atoms. The van der Waals surface area contributed by atoms with Crippen LogP contribution in [0.3, 0.4) is 0 Å². The van der Waals surface area contributed by atoms with E-state index in [1.54, 1.807) is 0 Å². The number of nitrogens with zero attached hydrogens (tertiary/aromatic N) is 1. The molecule has 1 aliphatic heterocycles. The summed E-state index contributed by atoms with van der Waals surface area (Å²) in [6.07, 6.45) is 0.674. The number of likely N-dealkylation sites (tertiary alicyclic amines) is 1. The van der Waals surface area contributed by atoms with E-state index in [0.29, 0.717) is 12.2 Å². The lowest BCUT2D eigenvalue weighted by Gasteiger charge is -2.28. The molecular weight excluding hydrogens is 254 g/mol. The minimum atomic E-state index is 0.0567. The van der Waals surface area contributed by atoms with Gasteiger partial charge in [0.15, 0.2) is 0 Å². The minimum absolute atomic E-state index is 0.0567. The molecule has 1 aromatic carbocycles. The van der Waals surface area contributed by atoms with Gasteiger partial charge in [-0.3, -0.25) is 4.79 Å². The molecule has 0 N–H and O–H groups in total. The first-order valence-corrected chi connectivity index (χ1v) is 5.93. The average Bonchev–Trinajstić information content (AvgIpc) is 2.22. The van der Waals surface area contributed by atoms with E-state index >= 15 is 0 Å². The minimum Gasteiger partial charge on any atom is -0.305 e. The normalized spacial score (nSPS) is 23.1. The van der Waals surface area contributed by atoms with E-state index in [2.05, 4.69) is 27.9 Å². The monoisotopic (exact) mass is 267 g/mol. The van der Waals surface area contributed by atoms with E-state index in [-0.39, 0.29) is 5.92 Å². The van der Waals surface area contributed by atoms with Gasteiger partial charge in [-0.25, -0.2) is 0 Å². The molecule has 2 nitrogen and oxygen atoms in total. The van der Waals surface area contributed by atoms with Gasteiger partial charge in [-0.2, -0.15) is 0 Å². The molecule has 1 aromatic rings. The first-order valence-electron chi connectivity index (χ1n) is 5.13. The van der Waals surface area contributed by atoms with Crippen molar-refractivity contribution in [3.63, 3.8) is 0 Å². The maximum Gasteiger partial charge on any atom is 0.142 e. The third-order valence-electron chi connectivity index (χ3n) is 2.87. The topological polar surface area (TPSA) is 20.3 Å². The summed E-state index contributed by atoms with van der Waals surface area (Å²) < 4.78 is 1.04. The maximum atomic E-state index is 11.8. The highest BCUT2D eigenvalue weighted by Crippen LogP contribution is 2.25. The molecule has 1 aliphatic rings. The Kier molecular flexibility index (Phi) is 3.22. The summed E-state index contributed by atoms with van der Waals surface area (Å²) in [5.74, 6) is 0.424. The lowest BCUT2D eigenvalue weighted by Crippen LogP contribution is -2.36. The molecule has 1 heterocycles. The molecule has 3 heteroatoms. The number of carbonyl (C=O) groups is 1. The van der Waals surface area contributed by atoms with Crippen molar-refractivity contribution in [1.29, 1.82) is 0 Å². The summed E-state index contributed by atoms with van der Waals surface area (Å²) in [6.45, 7) is 1.73. The van der Waals surface area contributed by atoms with Crippen molar-refractivity contribution in [3.8, 4) is 0 Å². The van der Waals surface area contributed by atoms with E-state index in [1.807, 2.05) is 24.3 Å². The highest BCUT2D eigenvalue weighted by Gasteiger charge is 2.26. The van der Waals surface area contributed by atoms with Crippen LogP contribution in [0.25, 0.3) is 0 Å². The Balaban J connectivity index is 2.25. The summed E-state index contributed by atoms with van der Waals surface area (Å²) in [7, 11) is 2.07. The second kappa shape index (κ2) is 4.45. The largest absolute Gasteiger partial charge is 0.305 e. The van der Waals surface area contributed by atoms with Gasteiger partial charge in [0.2, 0.25) is 0 Å². The van der Waals surface area contributed by atoms with Crippen LogP contribution in [0.15, 0.2) is 28.7 Å². The van der Waals surface area contributed by atoms with Crippen LogP contribution in [-0.4, -0.2) is 30.8 Å². The highest BCUT2D eigenvalue weighted by molar-refractivity contribution is 9.10. The fraction of sp³-hybridized carbons (Fsp3) is 0.417. The summed E-state index contributed by atoms with van der Waals surface area (Å²) in [5, 5.41) is 0. The van der Waals surface area contributed by atoms with Gasteiger partial charge in [0.1, 0.15) is 5.78 Å². The van der Waals surface area contributed by atoms with Crippen LogP contribution < -0.4 is 0 Å².